The van der Waals surface area contributed by atoms with E-state index >= 15 is 0 Å². The van der Waals surface area contributed by atoms with Crippen molar-refractivity contribution in [3.05, 3.63) is 28.7 Å². The zero-order chi connectivity index (χ0) is 14.3. The van der Waals surface area contributed by atoms with Gasteiger partial charge in [-0.25, -0.2) is 4.79 Å². The number of carbonyl (C=O) groups excluding carboxylic acids is 1. The number of ether oxygens (including phenoxy) is 2. The van der Waals surface area contributed by atoms with E-state index in [0.717, 1.165) is 10.2 Å². The quantitative estimate of drug-likeness (QED) is 0.780. The van der Waals surface area contributed by atoms with Crippen LogP contribution in [0.15, 0.2) is 28.7 Å². The number of anilines is 1. The zero-order valence-corrected chi connectivity index (χ0v) is 13.1. The second-order valence-electron chi connectivity index (χ2n) is 4.43. The highest BCUT2D eigenvalue weighted by Crippen LogP contribution is 2.23. The van der Waals surface area contributed by atoms with Crippen molar-refractivity contribution in [3.63, 3.8) is 0 Å². The maximum absolute atomic E-state index is 12.1. The maximum atomic E-state index is 12.1. The van der Waals surface area contributed by atoms with Crippen molar-refractivity contribution in [2.24, 2.45) is 0 Å². The smallest absolute Gasteiger partial charge is 0.331 e. The van der Waals surface area contributed by atoms with Gasteiger partial charge in [0.2, 0.25) is 0 Å². The van der Waals surface area contributed by atoms with Crippen LogP contribution in [0, 0.1) is 0 Å². The molecule has 0 spiro atoms. The zero-order valence-electron chi connectivity index (χ0n) is 11.5. The number of benzene rings is 1. The van der Waals surface area contributed by atoms with Crippen molar-refractivity contribution in [2.75, 3.05) is 25.6 Å². The molecule has 1 aromatic carbocycles. The van der Waals surface area contributed by atoms with Gasteiger partial charge in [-0.3, -0.25) is 0 Å². The number of rotatable bonds is 7. The average molecular weight is 330 g/mol. The monoisotopic (exact) mass is 329 g/mol. The van der Waals surface area contributed by atoms with Gasteiger partial charge in [-0.1, -0.05) is 22.0 Å². The standard InChI is InChI=1S/C14H20BrNO3/c1-4-19-13(17)14(2,8-9-18-3)16-12-7-5-6-11(15)10-12/h5-7,10,16H,4,8-9H2,1-3H3. The summed E-state index contributed by atoms with van der Waals surface area (Å²) in [5, 5.41) is 3.23. The Bertz CT molecular complexity index is 425. The van der Waals surface area contributed by atoms with E-state index in [0.29, 0.717) is 19.6 Å². The Morgan fingerprint density at radius 2 is 2.21 bits per heavy atom. The second-order valence-corrected chi connectivity index (χ2v) is 5.35. The summed E-state index contributed by atoms with van der Waals surface area (Å²) < 4.78 is 11.2. The van der Waals surface area contributed by atoms with E-state index in [1.54, 1.807) is 14.0 Å². The molecule has 0 fully saturated rings. The molecule has 0 saturated heterocycles. The molecule has 19 heavy (non-hydrogen) atoms. The lowest BCUT2D eigenvalue weighted by Crippen LogP contribution is -2.45. The van der Waals surface area contributed by atoms with E-state index in [1.807, 2.05) is 31.2 Å². The van der Waals surface area contributed by atoms with Crippen LogP contribution in [0.3, 0.4) is 0 Å². The number of esters is 1. The van der Waals surface area contributed by atoms with Crippen molar-refractivity contribution in [3.8, 4) is 0 Å². The number of nitrogens with one attached hydrogen (secondary N) is 1. The number of hydrogen-bond acceptors (Lipinski definition) is 4. The van der Waals surface area contributed by atoms with Crippen molar-refractivity contribution in [2.45, 2.75) is 25.8 Å². The summed E-state index contributed by atoms with van der Waals surface area (Å²) >= 11 is 3.41. The molecule has 0 saturated carbocycles. The lowest BCUT2D eigenvalue weighted by atomic mass is 9.97. The molecule has 1 aromatic rings. The molecule has 5 heteroatoms. The first-order valence-corrected chi connectivity index (χ1v) is 7.01. The van der Waals surface area contributed by atoms with E-state index in [4.69, 9.17) is 9.47 Å². The van der Waals surface area contributed by atoms with Gasteiger partial charge in [0.05, 0.1) is 6.61 Å². The first kappa shape index (κ1) is 16.0. The molecular weight excluding hydrogens is 310 g/mol. The molecule has 1 atom stereocenters. The molecular formula is C14H20BrNO3. The first-order valence-electron chi connectivity index (χ1n) is 6.21. The molecule has 4 nitrogen and oxygen atoms in total. The van der Waals surface area contributed by atoms with Crippen molar-refractivity contribution in [1.82, 2.24) is 0 Å². The first-order chi connectivity index (χ1) is 9.01. The molecule has 0 aliphatic heterocycles. The summed E-state index contributed by atoms with van der Waals surface area (Å²) in [6.07, 6.45) is 0.537. The average Bonchev–Trinajstić information content (AvgIpc) is 2.36. The fraction of sp³-hybridized carbons (Fsp3) is 0.500. The molecule has 0 heterocycles. The number of hydrogen-bond donors (Lipinski definition) is 1. The van der Waals surface area contributed by atoms with Gasteiger partial charge >= 0.3 is 5.97 Å². The van der Waals surface area contributed by atoms with Crippen molar-refractivity contribution in [1.29, 1.82) is 0 Å². The number of methoxy groups -OCH3 is 1. The van der Waals surface area contributed by atoms with Gasteiger partial charge in [0, 0.05) is 30.3 Å². The summed E-state index contributed by atoms with van der Waals surface area (Å²) in [5.74, 6) is -0.271. The third-order valence-electron chi connectivity index (χ3n) is 2.78. The number of halogens is 1. The van der Waals surface area contributed by atoms with Crippen molar-refractivity contribution >= 4 is 27.6 Å². The molecule has 0 aliphatic carbocycles. The molecule has 0 aliphatic rings. The van der Waals surface area contributed by atoms with Crippen molar-refractivity contribution < 1.29 is 14.3 Å². The summed E-state index contributed by atoms with van der Waals surface area (Å²) in [7, 11) is 1.62. The Morgan fingerprint density at radius 3 is 2.79 bits per heavy atom. The van der Waals surface area contributed by atoms with Crippen LogP contribution in [0.5, 0.6) is 0 Å². The molecule has 1 N–H and O–H groups in total. The molecule has 0 radical (unpaired) electrons. The van der Waals surface area contributed by atoms with Crippen LogP contribution in [0.25, 0.3) is 0 Å². The van der Waals surface area contributed by atoms with E-state index in [1.165, 1.54) is 0 Å². The van der Waals surface area contributed by atoms with Crippen LogP contribution in [-0.4, -0.2) is 31.8 Å². The van der Waals surface area contributed by atoms with Crippen LogP contribution < -0.4 is 5.32 Å². The van der Waals surface area contributed by atoms with Crippen LogP contribution >= 0.6 is 15.9 Å². The van der Waals surface area contributed by atoms with E-state index < -0.39 is 5.54 Å². The highest BCUT2D eigenvalue weighted by atomic mass is 79.9. The highest BCUT2D eigenvalue weighted by molar-refractivity contribution is 9.10. The topological polar surface area (TPSA) is 47.6 Å². The van der Waals surface area contributed by atoms with Crippen LogP contribution in [0.4, 0.5) is 5.69 Å². The van der Waals surface area contributed by atoms with Gasteiger partial charge in [0.1, 0.15) is 5.54 Å². The van der Waals surface area contributed by atoms with Gasteiger partial charge in [0.15, 0.2) is 0 Å². The third-order valence-corrected chi connectivity index (χ3v) is 3.27. The molecule has 0 amide bonds. The minimum Gasteiger partial charge on any atom is -0.464 e. The highest BCUT2D eigenvalue weighted by Gasteiger charge is 2.34. The summed E-state index contributed by atoms with van der Waals surface area (Å²) in [5.41, 5.74) is 0.0633. The van der Waals surface area contributed by atoms with E-state index in [2.05, 4.69) is 21.2 Å². The normalized spacial score (nSPS) is 13.7. The minimum absolute atomic E-state index is 0.271. The molecule has 1 unspecified atom stereocenters. The fourth-order valence-electron chi connectivity index (χ4n) is 1.70. The van der Waals surface area contributed by atoms with Crippen LogP contribution in [-0.2, 0) is 14.3 Å². The SMILES string of the molecule is CCOC(=O)C(C)(CCOC)Nc1cccc(Br)c1. The summed E-state index contributed by atoms with van der Waals surface area (Å²) in [6.45, 7) is 4.47. The maximum Gasteiger partial charge on any atom is 0.331 e. The van der Waals surface area contributed by atoms with Gasteiger partial charge in [-0.05, 0) is 32.0 Å². The molecule has 0 bridgehead atoms. The minimum atomic E-state index is -0.799. The Morgan fingerprint density at radius 1 is 1.47 bits per heavy atom. The molecule has 0 aromatic heterocycles. The predicted molar refractivity (Wildman–Crippen MR) is 79.3 cm³/mol. The lowest BCUT2D eigenvalue weighted by Gasteiger charge is -2.29. The largest absolute Gasteiger partial charge is 0.464 e. The van der Waals surface area contributed by atoms with Crippen LogP contribution in [0.1, 0.15) is 20.3 Å². The van der Waals surface area contributed by atoms with Gasteiger partial charge in [-0.15, -0.1) is 0 Å². The predicted octanol–water partition coefficient (Wildman–Crippen LogP) is 3.22. The Hall–Kier alpha value is -1.07. The van der Waals surface area contributed by atoms with Gasteiger partial charge in [0.25, 0.3) is 0 Å². The third kappa shape index (κ3) is 4.84. The Kier molecular flexibility index (Phi) is 6.31. The lowest BCUT2D eigenvalue weighted by molar-refractivity contribution is -0.148. The fourth-order valence-corrected chi connectivity index (χ4v) is 2.10. The van der Waals surface area contributed by atoms with Crippen LogP contribution in [0.2, 0.25) is 0 Å². The summed E-state index contributed by atoms with van der Waals surface area (Å²) in [6, 6.07) is 7.68. The Labute approximate surface area is 122 Å². The van der Waals surface area contributed by atoms with E-state index in [-0.39, 0.29) is 5.97 Å². The number of carbonyl (C=O) groups is 1. The van der Waals surface area contributed by atoms with Gasteiger partial charge in [-0.2, -0.15) is 0 Å². The summed E-state index contributed by atoms with van der Waals surface area (Å²) in [4.78, 5) is 12.1. The second kappa shape index (κ2) is 7.50. The molecule has 106 valence electrons. The van der Waals surface area contributed by atoms with E-state index in [9.17, 15) is 4.79 Å². The Balaban J connectivity index is 2.87. The molecule has 1 rings (SSSR count). The van der Waals surface area contributed by atoms with Gasteiger partial charge < -0.3 is 14.8 Å².